The molecule has 0 aromatic rings. The quantitative estimate of drug-likeness (QED) is 0.456. The van der Waals surface area contributed by atoms with Gasteiger partial charge in [-0.2, -0.15) is 0 Å². The van der Waals surface area contributed by atoms with Gasteiger partial charge in [0.25, 0.3) is 0 Å². The van der Waals surface area contributed by atoms with E-state index in [0.29, 0.717) is 0 Å². The van der Waals surface area contributed by atoms with Crippen LogP contribution < -0.4 is 5.32 Å². The molecule has 24 heavy (non-hydrogen) atoms. The molecule has 0 radical (unpaired) electrons. The van der Waals surface area contributed by atoms with Crippen molar-refractivity contribution in [2.45, 2.75) is 58.3 Å². The molecule has 0 aliphatic carbocycles. The van der Waals surface area contributed by atoms with Gasteiger partial charge in [0.1, 0.15) is 18.8 Å². The van der Waals surface area contributed by atoms with Crippen LogP contribution in [0.5, 0.6) is 0 Å². The lowest BCUT2D eigenvalue weighted by Gasteiger charge is -2.43. The summed E-state index contributed by atoms with van der Waals surface area (Å²) in [5.41, 5.74) is 0. The minimum absolute atomic E-state index is 0.326. The molecule has 1 amide bonds. The molecule has 0 saturated carbocycles. The number of hydrogen-bond donors (Lipinski definition) is 2. The molecule has 0 spiro atoms. The highest BCUT2D eigenvalue weighted by Crippen LogP contribution is 2.25. The number of carbonyl (C=O) groups is 4. The first-order valence-corrected chi connectivity index (χ1v) is 7.20. The van der Waals surface area contributed by atoms with Crippen molar-refractivity contribution in [3.8, 4) is 0 Å². The Bertz CT molecular complexity index is 506. The van der Waals surface area contributed by atoms with Gasteiger partial charge in [0.05, 0.1) is 0 Å². The first-order valence-electron chi connectivity index (χ1n) is 7.20. The second-order valence-corrected chi connectivity index (χ2v) is 5.24. The van der Waals surface area contributed by atoms with Crippen molar-refractivity contribution in [2.24, 2.45) is 0 Å². The Morgan fingerprint density at radius 2 is 1.50 bits per heavy atom. The van der Waals surface area contributed by atoms with E-state index >= 15 is 0 Å². The van der Waals surface area contributed by atoms with E-state index in [9.17, 15) is 24.3 Å². The van der Waals surface area contributed by atoms with E-state index in [0.717, 1.165) is 13.8 Å². The molecule has 1 saturated heterocycles. The minimum Gasteiger partial charge on any atom is -0.463 e. The van der Waals surface area contributed by atoms with E-state index in [1.807, 2.05) is 0 Å². The molecular weight excluding hydrogens is 326 g/mol. The third-order valence-electron chi connectivity index (χ3n) is 3.09. The van der Waals surface area contributed by atoms with Gasteiger partial charge < -0.3 is 29.4 Å². The number of rotatable bonds is 5. The van der Waals surface area contributed by atoms with Gasteiger partial charge in [0.2, 0.25) is 5.91 Å². The number of carbonyl (C=O) groups excluding carboxylic acids is 4. The zero-order chi connectivity index (χ0) is 18.4. The number of aliphatic hydroxyl groups excluding tert-OH is 1. The van der Waals surface area contributed by atoms with Gasteiger partial charge in [0, 0.05) is 27.7 Å². The number of aliphatic hydroxyl groups is 1. The monoisotopic (exact) mass is 347 g/mol. The van der Waals surface area contributed by atoms with Crippen LogP contribution >= 0.6 is 0 Å². The van der Waals surface area contributed by atoms with Crippen LogP contribution in [0.2, 0.25) is 0 Å². The molecule has 5 atom stereocenters. The van der Waals surface area contributed by atoms with E-state index < -0.39 is 54.5 Å². The summed E-state index contributed by atoms with van der Waals surface area (Å²) < 4.78 is 20.2. The average molecular weight is 347 g/mol. The molecule has 1 rings (SSSR count). The number of esters is 3. The first-order chi connectivity index (χ1) is 11.1. The Labute approximate surface area is 138 Å². The molecular formula is C14H21NO9. The number of ether oxygens (including phenoxy) is 4. The lowest BCUT2D eigenvalue weighted by Crippen LogP contribution is -2.66. The van der Waals surface area contributed by atoms with E-state index in [1.54, 1.807) is 0 Å². The van der Waals surface area contributed by atoms with Gasteiger partial charge in [-0.25, -0.2) is 0 Å². The largest absolute Gasteiger partial charge is 0.463 e. The van der Waals surface area contributed by atoms with Crippen LogP contribution in [0.4, 0.5) is 0 Å². The molecule has 10 nitrogen and oxygen atoms in total. The van der Waals surface area contributed by atoms with Crippen LogP contribution in [-0.2, 0) is 38.1 Å². The number of nitrogens with one attached hydrogen (secondary N) is 1. The Balaban J connectivity index is 3.11. The van der Waals surface area contributed by atoms with Crippen molar-refractivity contribution in [2.75, 3.05) is 6.61 Å². The second kappa shape index (κ2) is 8.60. The maximum absolute atomic E-state index is 11.5. The van der Waals surface area contributed by atoms with Crippen molar-refractivity contribution in [3.05, 3.63) is 0 Å². The topological polar surface area (TPSA) is 137 Å². The third-order valence-corrected chi connectivity index (χ3v) is 3.09. The van der Waals surface area contributed by atoms with E-state index in [-0.39, 0.29) is 6.61 Å². The maximum Gasteiger partial charge on any atom is 0.303 e. The predicted molar refractivity (Wildman–Crippen MR) is 76.2 cm³/mol. The van der Waals surface area contributed by atoms with Crippen LogP contribution in [0, 0.1) is 0 Å². The summed E-state index contributed by atoms with van der Waals surface area (Å²) in [5, 5.41) is 12.5. The molecule has 1 heterocycles. The van der Waals surface area contributed by atoms with Gasteiger partial charge in [0.15, 0.2) is 18.5 Å². The molecule has 1 aliphatic rings. The highest BCUT2D eigenvalue weighted by Gasteiger charge is 2.50. The Kier molecular flexibility index (Phi) is 7.11. The van der Waals surface area contributed by atoms with Crippen LogP contribution in [0.3, 0.4) is 0 Å². The zero-order valence-corrected chi connectivity index (χ0v) is 13.8. The van der Waals surface area contributed by atoms with Gasteiger partial charge in [-0.15, -0.1) is 0 Å². The summed E-state index contributed by atoms with van der Waals surface area (Å²) in [5.74, 6) is -2.52. The van der Waals surface area contributed by atoms with Crippen molar-refractivity contribution in [1.82, 2.24) is 5.32 Å². The smallest absolute Gasteiger partial charge is 0.303 e. The summed E-state index contributed by atoms with van der Waals surface area (Å²) in [7, 11) is 0. The van der Waals surface area contributed by atoms with Gasteiger partial charge in [-0.1, -0.05) is 0 Å². The SMILES string of the molecule is CC(=O)N[C@H]1[C@@H](OC(C)=O)[C@@H](O)O[C@H](COC(C)=O)[C@H]1OC(C)=O. The van der Waals surface area contributed by atoms with E-state index in [4.69, 9.17) is 18.9 Å². The molecule has 1 fully saturated rings. The highest BCUT2D eigenvalue weighted by molar-refractivity contribution is 5.74. The fourth-order valence-corrected chi connectivity index (χ4v) is 2.33. The normalized spacial score (nSPS) is 29.3. The average Bonchev–Trinajstić information content (AvgIpc) is 2.42. The molecule has 10 heteroatoms. The third kappa shape index (κ3) is 5.78. The molecule has 0 aromatic heterocycles. The first kappa shape index (κ1) is 19.8. The fourth-order valence-electron chi connectivity index (χ4n) is 2.33. The minimum atomic E-state index is -1.61. The summed E-state index contributed by atoms with van der Waals surface area (Å²) in [6, 6.07) is -1.08. The summed E-state index contributed by atoms with van der Waals surface area (Å²) >= 11 is 0. The van der Waals surface area contributed by atoms with Crippen LogP contribution in [0.1, 0.15) is 27.7 Å². The van der Waals surface area contributed by atoms with E-state index in [2.05, 4.69) is 5.32 Å². The molecule has 0 bridgehead atoms. The van der Waals surface area contributed by atoms with Crippen LogP contribution in [0.15, 0.2) is 0 Å². The fraction of sp³-hybridized carbons (Fsp3) is 0.714. The van der Waals surface area contributed by atoms with Crippen molar-refractivity contribution < 1.29 is 43.2 Å². The number of hydrogen-bond acceptors (Lipinski definition) is 9. The lowest BCUT2D eigenvalue weighted by atomic mass is 9.95. The highest BCUT2D eigenvalue weighted by atomic mass is 16.7. The standard InChI is InChI=1S/C14H21NO9/c1-6(16)15-11-12(22-8(3)18)10(5-21-7(2)17)24-14(20)13(11)23-9(4)19/h10-14,20H,5H2,1-4H3,(H,15,16)/t10-,11-,12-,13-,14+/m1/s1. The van der Waals surface area contributed by atoms with Gasteiger partial charge >= 0.3 is 17.9 Å². The second-order valence-electron chi connectivity index (χ2n) is 5.24. The molecule has 136 valence electrons. The van der Waals surface area contributed by atoms with Crippen LogP contribution in [-0.4, -0.2) is 66.2 Å². The number of amides is 1. The molecule has 0 unspecified atom stereocenters. The van der Waals surface area contributed by atoms with E-state index in [1.165, 1.54) is 13.8 Å². The molecule has 1 aliphatic heterocycles. The molecule has 2 N–H and O–H groups in total. The maximum atomic E-state index is 11.5. The van der Waals surface area contributed by atoms with Gasteiger partial charge in [-0.3, -0.25) is 19.2 Å². The molecule has 0 aromatic carbocycles. The summed E-state index contributed by atoms with van der Waals surface area (Å²) in [6.45, 7) is 4.31. The van der Waals surface area contributed by atoms with Crippen LogP contribution in [0.25, 0.3) is 0 Å². The van der Waals surface area contributed by atoms with Crippen molar-refractivity contribution in [1.29, 1.82) is 0 Å². The predicted octanol–water partition coefficient (Wildman–Crippen LogP) is -1.37. The van der Waals surface area contributed by atoms with Crippen molar-refractivity contribution in [3.63, 3.8) is 0 Å². The van der Waals surface area contributed by atoms with Crippen molar-refractivity contribution >= 4 is 23.8 Å². The lowest BCUT2D eigenvalue weighted by molar-refractivity contribution is -0.271. The Morgan fingerprint density at radius 1 is 0.958 bits per heavy atom. The van der Waals surface area contributed by atoms with Gasteiger partial charge in [-0.05, 0) is 0 Å². The summed E-state index contributed by atoms with van der Waals surface area (Å²) in [6.07, 6.45) is -5.11. The zero-order valence-electron chi connectivity index (χ0n) is 13.8. The Morgan fingerprint density at radius 3 is 1.96 bits per heavy atom. The summed E-state index contributed by atoms with van der Waals surface area (Å²) in [4.78, 5) is 45.0. The Hall–Kier alpha value is -2.20.